The number of carbonyl (C=O) groups is 1. The van der Waals surface area contributed by atoms with Crippen molar-refractivity contribution in [2.45, 2.75) is 40.2 Å². The summed E-state index contributed by atoms with van der Waals surface area (Å²) < 4.78 is 6.95. The molecule has 0 aliphatic rings. The maximum absolute atomic E-state index is 11.8. The summed E-state index contributed by atoms with van der Waals surface area (Å²) in [6.07, 6.45) is 0.809. The molecule has 0 radical (unpaired) electrons. The van der Waals surface area contributed by atoms with Crippen molar-refractivity contribution in [3.8, 4) is 0 Å². The molecule has 1 rings (SSSR count). The standard InChI is InChI=1S/C13H21NO2/c1-9(2)8-12(13(15)16-5)14-10(3)6-7-11(14)4/h6-7,9,12H,8H2,1-5H3. The molecule has 1 heterocycles. The molecule has 0 N–H and O–H groups in total. The van der Waals surface area contributed by atoms with Gasteiger partial charge < -0.3 is 9.30 Å². The largest absolute Gasteiger partial charge is 0.467 e. The number of nitrogens with zero attached hydrogens (tertiary/aromatic N) is 1. The lowest BCUT2D eigenvalue weighted by Gasteiger charge is -2.22. The predicted octanol–water partition coefficient (Wildman–Crippen LogP) is 2.87. The second kappa shape index (κ2) is 5.19. The van der Waals surface area contributed by atoms with Gasteiger partial charge in [-0.05, 0) is 38.3 Å². The maximum Gasteiger partial charge on any atom is 0.328 e. The van der Waals surface area contributed by atoms with Crippen molar-refractivity contribution >= 4 is 5.97 Å². The molecule has 0 aromatic carbocycles. The first-order valence-corrected chi connectivity index (χ1v) is 5.69. The summed E-state index contributed by atoms with van der Waals surface area (Å²) in [5, 5.41) is 0. The Balaban J connectivity index is 3.05. The van der Waals surface area contributed by atoms with Crippen LogP contribution in [0.1, 0.15) is 37.7 Å². The van der Waals surface area contributed by atoms with Gasteiger partial charge in [0.2, 0.25) is 0 Å². The molecule has 1 aromatic heterocycles. The monoisotopic (exact) mass is 223 g/mol. The van der Waals surface area contributed by atoms with E-state index in [1.807, 2.05) is 26.0 Å². The van der Waals surface area contributed by atoms with E-state index in [0.29, 0.717) is 5.92 Å². The van der Waals surface area contributed by atoms with Gasteiger partial charge in [0.1, 0.15) is 6.04 Å². The zero-order valence-corrected chi connectivity index (χ0v) is 10.8. The summed E-state index contributed by atoms with van der Waals surface area (Å²) in [4.78, 5) is 11.8. The first kappa shape index (κ1) is 12.8. The topological polar surface area (TPSA) is 31.2 Å². The van der Waals surface area contributed by atoms with Crippen LogP contribution in [0.4, 0.5) is 0 Å². The summed E-state index contributed by atoms with van der Waals surface area (Å²) >= 11 is 0. The highest BCUT2D eigenvalue weighted by molar-refractivity contribution is 5.74. The van der Waals surface area contributed by atoms with Gasteiger partial charge >= 0.3 is 5.97 Å². The van der Waals surface area contributed by atoms with Crippen LogP contribution < -0.4 is 0 Å². The molecule has 16 heavy (non-hydrogen) atoms. The number of aromatic nitrogens is 1. The van der Waals surface area contributed by atoms with Gasteiger partial charge in [-0.3, -0.25) is 0 Å². The third kappa shape index (κ3) is 2.65. The second-order valence-corrected chi connectivity index (χ2v) is 4.65. The fraction of sp³-hybridized carbons (Fsp3) is 0.615. The number of aryl methyl sites for hydroxylation is 2. The van der Waals surface area contributed by atoms with Crippen LogP contribution in [0.25, 0.3) is 0 Å². The van der Waals surface area contributed by atoms with Crippen molar-refractivity contribution in [1.29, 1.82) is 0 Å². The lowest BCUT2D eigenvalue weighted by molar-refractivity contribution is -0.145. The van der Waals surface area contributed by atoms with Crippen LogP contribution in [0.5, 0.6) is 0 Å². The van der Waals surface area contributed by atoms with E-state index >= 15 is 0 Å². The Labute approximate surface area is 97.4 Å². The minimum Gasteiger partial charge on any atom is -0.467 e. The van der Waals surface area contributed by atoms with Gasteiger partial charge in [-0.25, -0.2) is 4.79 Å². The zero-order valence-electron chi connectivity index (χ0n) is 10.8. The minimum atomic E-state index is -0.194. The number of methoxy groups -OCH3 is 1. The fourth-order valence-corrected chi connectivity index (χ4v) is 2.06. The van der Waals surface area contributed by atoms with E-state index in [1.165, 1.54) is 7.11 Å². The second-order valence-electron chi connectivity index (χ2n) is 4.65. The average Bonchev–Trinajstić information content (AvgIpc) is 2.54. The van der Waals surface area contributed by atoms with Crippen molar-refractivity contribution in [2.75, 3.05) is 7.11 Å². The summed E-state index contributed by atoms with van der Waals surface area (Å²) in [7, 11) is 1.45. The van der Waals surface area contributed by atoms with E-state index in [4.69, 9.17) is 4.74 Å². The molecule has 1 unspecified atom stereocenters. The quantitative estimate of drug-likeness (QED) is 0.735. The van der Waals surface area contributed by atoms with Crippen LogP contribution in [0, 0.1) is 19.8 Å². The Kier molecular flexibility index (Phi) is 4.16. The number of rotatable bonds is 4. The van der Waals surface area contributed by atoms with Crippen molar-refractivity contribution in [3.05, 3.63) is 23.5 Å². The molecule has 0 spiro atoms. The molecule has 0 aliphatic heterocycles. The number of ether oxygens (including phenoxy) is 1. The number of carbonyl (C=O) groups excluding carboxylic acids is 1. The maximum atomic E-state index is 11.8. The van der Waals surface area contributed by atoms with Crippen molar-refractivity contribution in [3.63, 3.8) is 0 Å². The van der Waals surface area contributed by atoms with Crippen molar-refractivity contribution in [2.24, 2.45) is 5.92 Å². The Hall–Kier alpha value is -1.25. The molecule has 0 saturated carbocycles. The average molecular weight is 223 g/mol. The number of esters is 1. The molecule has 3 heteroatoms. The van der Waals surface area contributed by atoms with Gasteiger partial charge in [-0.15, -0.1) is 0 Å². The van der Waals surface area contributed by atoms with Crippen LogP contribution in [0.3, 0.4) is 0 Å². The first-order chi connectivity index (χ1) is 7.47. The highest BCUT2D eigenvalue weighted by atomic mass is 16.5. The van der Waals surface area contributed by atoms with Crippen molar-refractivity contribution < 1.29 is 9.53 Å². The SMILES string of the molecule is COC(=O)C(CC(C)C)n1c(C)ccc1C. The lowest BCUT2D eigenvalue weighted by Crippen LogP contribution is -2.24. The number of hydrogen-bond acceptors (Lipinski definition) is 2. The highest BCUT2D eigenvalue weighted by Crippen LogP contribution is 2.23. The number of hydrogen-bond donors (Lipinski definition) is 0. The Morgan fingerprint density at radius 3 is 2.19 bits per heavy atom. The molecular weight excluding hydrogens is 202 g/mol. The van der Waals surface area contributed by atoms with Gasteiger partial charge in [0.05, 0.1) is 7.11 Å². The molecule has 0 bridgehead atoms. The Morgan fingerprint density at radius 2 is 1.81 bits per heavy atom. The summed E-state index contributed by atoms with van der Waals surface area (Å²) in [6, 6.07) is 3.87. The summed E-state index contributed by atoms with van der Waals surface area (Å²) in [5.41, 5.74) is 2.21. The van der Waals surface area contributed by atoms with E-state index in [0.717, 1.165) is 17.8 Å². The molecule has 90 valence electrons. The van der Waals surface area contributed by atoms with E-state index in [1.54, 1.807) is 0 Å². The molecule has 1 aromatic rings. The van der Waals surface area contributed by atoms with Gasteiger partial charge in [-0.1, -0.05) is 13.8 Å². The highest BCUT2D eigenvalue weighted by Gasteiger charge is 2.24. The molecule has 1 atom stereocenters. The first-order valence-electron chi connectivity index (χ1n) is 5.69. The van der Waals surface area contributed by atoms with Crippen LogP contribution >= 0.6 is 0 Å². The molecule has 0 fully saturated rings. The zero-order chi connectivity index (χ0) is 12.3. The Bertz CT molecular complexity index is 347. The van der Waals surface area contributed by atoms with Gasteiger partial charge in [0.25, 0.3) is 0 Å². The predicted molar refractivity (Wildman–Crippen MR) is 64.4 cm³/mol. The molecular formula is C13H21NO2. The van der Waals surface area contributed by atoms with Gasteiger partial charge in [-0.2, -0.15) is 0 Å². The summed E-state index contributed by atoms with van der Waals surface area (Å²) in [6.45, 7) is 8.26. The molecule has 0 amide bonds. The lowest BCUT2D eigenvalue weighted by atomic mass is 10.0. The minimum absolute atomic E-state index is 0.156. The third-order valence-corrected chi connectivity index (χ3v) is 2.81. The normalized spacial score (nSPS) is 12.9. The molecule has 0 aliphatic carbocycles. The van der Waals surface area contributed by atoms with Crippen molar-refractivity contribution in [1.82, 2.24) is 4.57 Å². The van der Waals surface area contributed by atoms with Gasteiger partial charge in [0.15, 0.2) is 0 Å². The van der Waals surface area contributed by atoms with Crippen LogP contribution in [-0.2, 0) is 9.53 Å². The van der Waals surface area contributed by atoms with E-state index in [-0.39, 0.29) is 12.0 Å². The smallest absolute Gasteiger partial charge is 0.328 e. The summed E-state index contributed by atoms with van der Waals surface area (Å²) in [5.74, 6) is 0.307. The van der Waals surface area contributed by atoms with Crippen LogP contribution in [-0.4, -0.2) is 17.6 Å². The van der Waals surface area contributed by atoms with E-state index < -0.39 is 0 Å². The third-order valence-electron chi connectivity index (χ3n) is 2.81. The molecule has 3 nitrogen and oxygen atoms in total. The van der Waals surface area contributed by atoms with Crippen LogP contribution in [0.2, 0.25) is 0 Å². The Morgan fingerprint density at radius 1 is 1.31 bits per heavy atom. The van der Waals surface area contributed by atoms with Gasteiger partial charge in [0, 0.05) is 11.4 Å². The van der Waals surface area contributed by atoms with E-state index in [9.17, 15) is 4.79 Å². The van der Waals surface area contributed by atoms with E-state index in [2.05, 4.69) is 18.4 Å². The van der Waals surface area contributed by atoms with Crippen LogP contribution in [0.15, 0.2) is 12.1 Å². The fourth-order valence-electron chi connectivity index (χ4n) is 2.06. The molecule has 0 saturated heterocycles.